The van der Waals surface area contributed by atoms with Crippen LogP contribution in [-0.2, 0) is 0 Å². The molecule has 1 aromatic rings. The third-order valence-electron chi connectivity index (χ3n) is 5.23. The van der Waals surface area contributed by atoms with Crippen molar-refractivity contribution in [1.82, 2.24) is 10.2 Å². The van der Waals surface area contributed by atoms with Crippen molar-refractivity contribution in [3.63, 3.8) is 0 Å². The van der Waals surface area contributed by atoms with Crippen molar-refractivity contribution in [2.24, 2.45) is 5.92 Å². The molecule has 26 heavy (non-hydrogen) atoms. The lowest BCUT2D eigenvalue weighted by Gasteiger charge is -2.20. The second-order valence-corrected chi connectivity index (χ2v) is 7.25. The number of urea groups is 1. The Balaban J connectivity index is 2.01. The van der Waals surface area contributed by atoms with Gasteiger partial charge in [-0.05, 0) is 43.7 Å². The number of likely N-dealkylation sites (tertiary alicyclic amines) is 1. The molecule has 1 aromatic carbocycles. The normalized spacial score (nSPS) is 15.0. The summed E-state index contributed by atoms with van der Waals surface area (Å²) >= 11 is 0. The van der Waals surface area contributed by atoms with Crippen LogP contribution in [0.1, 0.15) is 68.3 Å². The Morgan fingerprint density at radius 2 is 1.92 bits per heavy atom. The van der Waals surface area contributed by atoms with Crippen LogP contribution < -0.4 is 10.6 Å². The molecule has 0 saturated carbocycles. The summed E-state index contributed by atoms with van der Waals surface area (Å²) in [7, 11) is 0. The van der Waals surface area contributed by atoms with E-state index in [1.807, 2.05) is 24.0 Å². The van der Waals surface area contributed by atoms with E-state index >= 15 is 0 Å². The van der Waals surface area contributed by atoms with Crippen LogP contribution in [0, 0.1) is 12.8 Å². The summed E-state index contributed by atoms with van der Waals surface area (Å²) in [5.41, 5.74) is 2.12. The number of aryl methyl sites for hydroxylation is 1. The molecule has 1 fully saturated rings. The van der Waals surface area contributed by atoms with Crippen LogP contribution >= 0.6 is 0 Å². The van der Waals surface area contributed by atoms with Crippen molar-refractivity contribution >= 4 is 17.6 Å². The van der Waals surface area contributed by atoms with Crippen LogP contribution in [0.15, 0.2) is 18.2 Å². The van der Waals surface area contributed by atoms with E-state index in [0.717, 1.165) is 44.3 Å². The fourth-order valence-electron chi connectivity index (χ4n) is 3.44. The molecule has 0 spiro atoms. The molecule has 2 rings (SSSR count). The second kappa shape index (κ2) is 10.2. The van der Waals surface area contributed by atoms with Gasteiger partial charge in [-0.1, -0.05) is 45.2 Å². The monoisotopic (exact) mass is 359 g/mol. The summed E-state index contributed by atoms with van der Waals surface area (Å²) in [5.74, 6) is 0.513. The largest absolute Gasteiger partial charge is 0.339 e. The van der Waals surface area contributed by atoms with Gasteiger partial charge in [0.1, 0.15) is 0 Å². The minimum atomic E-state index is -0.232. The average Bonchev–Trinajstić information content (AvgIpc) is 3.17. The highest BCUT2D eigenvalue weighted by Crippen LogP contribution is 2.24. The molecule has 144 valence electrons. The van der Waals surface area contributed by atoms with E-state index in [1.54, 1.807) is 6.07 Å². The minimum Gasteiger partial charge on any atom is -0.339 e. The van der Waals surface area contributed by atoms with Gasteiger partial charge in [-0.3, -0.25) is 4.79 Å². The van der Waals surface area contributed by atoms with Gasteiger partial charge >= 0.3 is 6.03 Å². The molecule has 1 atom stereocenters. The van der Waals surface area contributed by atoms with Gasteiger partial charge < -0.3 is 15.5 Å². The van der Waals surface area contributed by atoms with E-state index < -0.39 is 0 Å². The first-order valence-electron chi connectivity index (χ1n) is 10.0. The molecule has 1 unspecified atom stereocenters. The Morgan fingerprint density at radius 3 is 2.58 bits per heavy atom. The first-order chi connectivity index (χ1) is 12.6. The first kappa shape index (κ1) is 20.3. The molecule has 1 saturated heterocycles. The Labute approximate surface area is 157 Å². The lowest BCUT2D eigenvalue weighted by molar-refractivity contribution is 0.0794. The number of hydrogen-bond acceptors (Lipinski definition) is 2. The lowest BCUT2D eigenvalue weighted by atomic mass is 9.99. The van der Waals surface area contributed by atoms with Gasteiger partial charge in [0.05, 0.1) is 11.3 Å². The topological polar surface area (TPSA) is 61.4 Å². The molecule has 1 aliphatic heterocycles. The van der Waals surface area contributed by atoms with E-state index in [9.17, 15) is 9.59 Å². The third kappa shape index (κ3) is 5.48. The molecule has 0 aliphatic carbocycles. The van der Waals surface area contributed by atoms with Crippen molar-refractivity contribution in [1.29, 1.82) is 0 Å². The number of rotatable bonds is 8. The van der Waals surface area contributed by atoms with Crippen LogP contribution in [-0.4, -0.2) is 36.5 Å². The quantitative estimate of drug-likeness (QED) is 0.714. The number of benzene rings is 1. The van der Waals surface area contributed by atoms with Gasteiger partial charge in [0.2, 0.25) is 0 Å². The zero-order chi connectivity index (χ0) is 18.9. The zero-order valence-corrected chi connectivity index (χ0v) is 16.4. The summed E-state index contributed by atoms with van der Waals surface area (Å²) in [6, 6.07) is 5.37. The minimum absolute atomic E-state index is 0.0101. The summed E-state index contributed by atoms with van der Waals surface area (Å²) in [6.07, 6.45) is 6.66. The second-order valence-electron chi connectivity index (χ2n) is 7.25. The van der Waals surface area contributed by atoms with Gasteiger partial charge in [-0.15, -0.1) is 0 Å². The molecule has 3 amide bonds. The van der Waals surface area contributed by atoms with Crippen molar-refractivity contribution < 1.29 is 9.59 Å². The van der Waals surface area contributed by atoms with Crippen LogP contribution in [0.4, 0.5) is 10.5 Å². The maximum atomic E-state index is 12.8. The van der Waals surface area contributed by atoms with Crippen LogP contribution in [0.25, 0.3) is 0 Å². The number of anilines is 1. The smallest absolute Gasteiger partial charge is 0.319 e. The number of unbranched alkanes of at least 4 members (excludes halogenated alkanes) is 1. The molecule has 1 heterocycles. The van der Waals surface area contributed by atoms with Crippen molar-refractivity contribution in [2.45, 2.75) is 59.3 Å². The number of carbonyl (C=O) groups is 2. The number of carbonyl (C=O) groups excluding carboxylic acids is 2. The predicted molar refractivity (Wildman–Crippen MR) is 107 cm³/mol. The molecule has 0 radical (unpaired) electrons. The molecule has 0 aromatic heterocycles. The molecule has 2 N–H and O–H groups in total. The number of nitrogens with one attached hydrogen (secondary N) is 2. The summed E-state index contributed by atoms with van der Waals surface area (Å²) in [5, 5.41) is 5.90. The van der Waals surface area contributed by atoms with Crippen LogP contribution in [0.5, 0.6) is 0 Å². The molecule has 0 bridgehead atoms. The predicted octanol–water partition coefficient (Wildman–Crippen LogP) is 4.57. The summed E-state index contributed by atoms with van der Waals surface area (Å²) in [6.45, 7) is 8.54. The van der Waals surface area contributed by atoms with Gasteiger partial charge in [-0.25, -0.2) is 4.79 Å². The average molecular weight is 360 g/mol. The Morgan fingerprint density at radius 1 is 1.19 bits per heavy atom. The molecule has 1 aliphatic rings. The maximum Gasteiger partial charge on any atom is 0.319 e. The Kier molecular flexibility index (Phi) is 7.95. The van der Waals surface area contributed by atoms with Gasteiger partial charge in [0.15, 0.2) is 0 Å². The van der Waals surface area contributed by atoms with Gasteiger partial charge in [-0.2, -0.15) is 0 Å². The van der Waals surface area contributed by atoms with Gasteiger partial charge in [0.25, 0.3) is 5.91 Å². The number of nitrogens with zero attached hydrogens (tertiary/aromatic N) is 1. The fraction of sp³-hybridized carbons (Fsp3) is 0.619. The Hall–Kier alpha value is -2.04. The highest BCUT2D eigenvalue weighted by molar-refractivity contribution is 6.04. The van der Waals surface area contributed by atoms with E-state index in [-0.39, 0.29) is 11.9 Å². The number of para-hydroxylation sites is 1. The number of hydrogen-bond donors (Lipinski definition) is 2. The fourth-order valence-corrected chi connectivity index (χ4v) is 3.44. The van der Waals surface area contributed by atoms with Crippen molar-refractivity contribution in [3.05, 3.63) is 29.3 Å². The van der Waals surface area contributed by atoms with Crippen molar-refractivity contribution in [3.8, 4) is 0 Å². The van der Waals surface area contributed by atoms with E-state index in [4.69, 9.17) is 0 Å². The van der Waals surface area contributed by atoms with E-state index in [2.05, 4.69) is 24.5 Å². The molecular weight excluding hydrogens is 326 g/mol. The van der Waals surface area contributed by atoms with Crippen LogP contribution in [0.3, 0.4) is 0 Å². The SMILES string of the molecule is CCCCC(CC)CNC(=O)Nc1c(C)cccc1C(=O)N1CCCC1. The third-order valence-corrected chi connectivity index (χ3v) is 5.23. The Bertz CT molecular complexity index is 609. The molecule has 5 heteroatoms. The zero-order valence-electron chi connectivity index (χ0n) is 16.4. The van der Waals surface area contributed by atoms with Gasteiger partial charge in [0, 0.05) is 19.6 Å². The van der Waals surface area contributed by atoms with Crippen LogP contribution in [0.2, 0.25) is 0 Å². The van der Waals surface area contributed by atoms with Crippen molar-refractivity contribution in [2.75, 3.05) is 25.0 Å². The molecule has 5 nitrogen and oxygen atoms in total. The highest BCUT2D eigenvalue weighted by atomic mass is 16.2. The standard InChI is InChI=1S/C21H33N3O2/c1-4-6-11-17(5-2)15-22-21(26)23-19-16(3)10-9-12-18(19)20(25)24-13-7-8-14-24/h9-10,12,17H,4-8,11,13-15H2,1-3H3,(H2,22,23,26). The van der Waals surface area contributed by atoms with E-state index in [1.165, 1.54) is 12.8 Å². The van der Waals surface area contributed by atoms with E-state index in [0.29, 0.717) is 23.7 Å². The summed E-state index contributed by atoms with van der Waals surface area (Å²) in [4.78, 5) is 27.1. The highest BCUT2D eigenvalue weighted by Gasteiger charge is 2.23. The maximum absolute atomic E-state index is 12.8. The lowest BCUT2D eigenvalue weighted by Crippen LogP contribution is -2.34. The molecular formula is C21H33N3O2. The summed E-state index contributed by atoms with van der Waals surface area (Å²) < 4.78 is 0. The number of amides is 3. The first-order valence-corrected chi connectivity index (χ1v) is 10.0.